The third-order valence-electron chi connectivity index (χ3n) is 3.82. The highest BCUT2D eigenvalue weighted by Gasteiger charge is 2.35. The summed E-state index contributed by atoms with van der Waals surface area (Å²) >= 11 is 6.23. The largest absolute Gasteiger partial charge is 0.431 e. The van der Waals surface area contributed by atoms with Crippen molar-refractivity contribution in [3.8, 4) is 5.69 Å². The molecule has 0 fully saturated rings. The molecule has 1 heterocycles. The normalized spacial score (nSPS) is 12.7. The molecule has 0 unspecified atom stereocenters. The number of aromatic nitrogens is 2. The average molecular weight is 419 g/mol. The number of hydrogen-bond donors (Lipinski definition) is 0. The fraction of sp³-hybridized carbons (Fsp3) is 0.278. The van der Waals surface area contributed by atoms with Crippen LogP contribution in [0.4, 0.5) is 13.2 Å². The van der Waals surface area contributed by atoms with Crippen LogP contribution in [0.5, 0.6) is 0 Å². The third-order valence-corrected chi connectivity index (χ3v) is 5.11. The van der Waals surface area contributed by atoms with Gasteiger partial charge in [-0.05, 0) is 43.5 Å². The van der Waals surface area contributed by atoms with E-state index in [0.29, 0.717) is 31.4 Å². The van der Waals surface area contributed by atoms with Crippen LogP contribution in [0, 0.1) is 6.92 Å². The molecule has 0 saturated heterocycles. The Morgan fingerprint density at radius 1 is 1.19 bits per heavy atom. The first-order chi connectivity index (χ1) is 12.2. The number of hydrogen-bond acceptors (Lipinski definition) is 2. The van der Waals surface area contributed by atoms with E-state index in [1.54, 1.807) is 19.1 Å². The molecule has 0 saturated carbocycles. The molecule has 9 heteroatoms. The van der Waals surface area contributed by atoms with Crippen molar-refractivity contribution in [2.24, 2.45) is 7.05 Å². The lowest BCUT2D eigenvalue weighted by molar-refractivity contribution is -0.144. The minimum absolute atomic E-state index is 0.179. The van der Waals surface area contributed by atoms with Gasteiger partial charge < -0.3 is 0 Å². The Bertz CT molecular complexity index is 1090. The highest BCUT2D eigenvalue weighted by Crippen LogP contribution is 2.38. The van der Waals surface area contributed by atoms with Gasteiger partial charge in [-0.25, -0.2) is 9.36 Å². The molecule has 0 radical (unpaired) electrons. The summed E-state index contributed by atoms with van der Waals surface area (Å²) in [5.41, 5.74) is -2.23. The summed E-state index contributed by atoms with van der Waals surface area (Å²) in [7, 11) is 0.975. The van der Waals surface area contributed by atoms with Crippen molar-refractivity contribution in [3.63, 3.8) is 0 Å². The number of benzene rings is 1. The first-order valence-electron chi connectivity index (χ1n) is 7.80. The van der Waals surface area contributed by atoms with E-state index in [4.69, 9.17) is 11.6 Å². The van der Waals surface area contributed by atoms with Crippen molar-refractivity contribution in [3.05, 3.63) is 66.7 Å². The molecule has 0 aliphatic carbocycles. The summed E-state index contributed by atoms with van der Waals surface area (Å²) in [5, 5.41) is 0.401. The second-order valence-corrected chi connectivity index (χ2v) is 11.1. The minimum Gasteiger partial charge on any atom is -0.292 e. The standard InChI is InChI=1S/C18H19ClF3N2O2P/c1-11-8-13(19)12(6-7-27(3,4)5)9-14(11)24-16(25)10-15(18(20,21)22)23(2)17(24)26/h6-10H,3H2,1-2,4-5H3/b7-6+. The number of alkyl halides is 3. The van der Waals surface area contributed by atoms with E-state index < -0.39 is 30.0 Å². The number of aryl methyl sites for hydroxylation is 1. The van der Waals surface area contributed by atoms with Gasteiger partial charge >= 0.3 is 11.9 Å². The van der Waals surface area contributed by atoms with Crippen molar-refractivity contribution in [1.29, 1.82) is 0 Å². The summed E-state index contributed by atoms with van der Waals surface area (Å²) in [6.07, 6.45) is 0.987. The second kappa shape index (κ2) is 7.21. The molecule has 0 bridgehead atoms. The summed E-state index contributed by atoms with van der Waals surface area (Å²) in [6.45, 7) is 4.10. The molecular formula is C18H19ClF3N2O2P. The molecule has 1 aromatic carbocycles. The minimum atomic E-state index is -4.81. The van der Waals surface area contributed by atoms with Gasteiger partial charge in [-0.2, -0.15) is 13.2 Å². The van der Waals surface area contributed by atoms with E-state index >= 15 is 0 Å². The molecule has 2 rings (SSSR count). The first kappa shape index (κ1) is 21.3. The Kier molecular flexibility index (Phi) is 5.69. The maximum atomic E-state index is 13.0. The molecule has 27 heavy (non-hydrogen) atoms. The van der Waals surface area contributed by atoms with Gasteiger partial charge in [-0.1, -0.05) is 36.7 Å². The molecule has 0 N–H and O–H groups in total. The fourth-order valence-corrected chi connectivity index (χ4v) is 3.29. The first-order valence-corrected chi connectivity index (χ1v) is 11.1. The zero-order valence-corrected chi connectivity index (χ0v) is 16.9. The zero-order valence-electron chi connectivity index (χ0n) is 15.3. The van der Waals surface area contributed by atoms with E-state index in [9.17, 15) is 22.8 Å². The number of halogens is 4. The Labute approximate surface area is 159 Å². The van der Waals surface area contributed by atoms with Gasteiger partial charge in [0, 0.05) is 18.1 Å². The second-order valence-electron chi connectivity index (χ2n) is 6.80. The quantitative estimate of drug-likeness (QED) is 0.701. The predicted molar refractivity (Wildman–Crippen MR) is 107 cm³/mol. The summed E-state index contributed by atoms with van der Waals surface area (Å²) in [5.74, 6) is 1.90. The van der Waals surface area contributed by atoms with Crippen LogP contribution in [0.1, 0.15) is 16.8 Å². The average Bonchev–Trinajstić information content (AvgIpc) is 2.49. The SMILES string of the molecule is C=P(C)(C)/C=C/c1cc(-n2c(=O)cc(C(F)(F)F)n(C)c2=O)c(C)cc1Cl. The lowest BCUT2D eigenvalue weighted by Gasteiger charge is -2.16. The Morgan fingerprint density at radius 2 is 1.78 bits per heavy atom. The molecule has 146 valence electrons. The fourth-order valence-electron chi connectivity index (χ4n) is 2.45. The van der Waals surface area contributed by atoms with Gasteiger partial charge in [-0.3, -0.25) is 9.36 Å². The molecule has 0 atom stereocenters. The molecule has 0 amide bonds. The molecule has 4 nitrogen and oxygen atoms in total. The van der Waals surface area contributed by atoms with Crippen LogP contribution in [0.25, 0.3) is 11.8 Å². The van der Waals surface area contributed by atoms with Crippen molar-refractivity contribution in [2.45, 2.75) is 13.1 Å². The van der Waals surface area contributed by atoms with E-state index in [2.05, 4.69) is 6.30 Å². The van der Waals surface area contributed by atoms with Crippen molar-refractivity contribution in [1.82, 2.24) is 9.13 Å². The highest BCUT2D eigenvalue weighted by atomic mass is 35.5. The van der Waals surface area contributed by atoms with Crippen LogP contribution in [0.15, 0.2) is 33.6 Å². The summed E-state index contributed by atoms with van der Waals surface area (Å²) < 4.78 is 40.2. The van der Waals surface area contributed by atoms with Crippen molar-refractivity contribution >= 4 is 30.9 Å². The van der Waals surface area contributed by atoms with Crippen LogP contribution in [0.3, 0.4) is 0 Å². The third kappa shape index (κ3) is 4.66. The molecule has 0 aliphatic rings. The number of nitrogens with zero attached hydrogens (tertiary/aromatic N) is 2. The predicted octanol–water partition coefficient (Wildman–Crippen LogP) is 4.20. The highest BCUT2D eigenvalue weighted by molar-refractivity contribution is 7.75. The van der Waals surface area contributed by atoms with E-state index in [1.165, 1.54) is 6.07 Å². The molecule has 0 aliphatic heterocycles. The topological polar surface area (TPSA) is 44.0 Å². The zero-order chi connectivity index (χ0) is 20.7. The number of rotatable bonds is 3. The molecule has 2 aromatic rings. The monoisotopic (exact) mass is 418 g/mol. The van der Waals surface area contributed by atoms with E-state index in [1.807, 2.05) is 19.1 Å². The Balaban J connectivity index is 2.78. The van der Waals surface area contributed by atoms with Gasteiger partial charge in [0.05, 0.1) is 5.69 Å². The smallest absolute Gasteiger partial charge is 0.292 e. The van der Waals surface area contributed by atoms with Gasteiger partial charge in [-0.15, -0.1) is 0 Å². The van der Waals surface area contributed by atoms with Crippen molar-refractivity contribution < 1.29 is 13.2 Å². The van der Waals surface area contributed by atoms with Crippen LogP contribution in [0.2, 0.25) is 5.02 Å². The summed E-state index contributed by atoms with van der Waals surface area (Å²) in [4.78, 5) is 24.8. The van der Waals surface area contributed by atoms with Crippen molar-refractivity contribution in [2.75, 3.05) is 13.3 Å². The van der Waals surface area contributed by atoms with Crippen LogP contribution < -0.4 is 11.2 Å². The maximum absolute atomic E-state index is 13.0. The van der Waals surface area contributed by atoms with Gasteiger partial charge in [0.2, 0.25) is 0 Å². The van der Waals surface area contributed by atoms with Gasteiger partial charge in [0.25, 0.3) is 5.56 Å². The van der Waals surface area contributed by atoms with E-state index in [0.717, 1.165) is 7.05 Å². The molecule has 0 spiro atoms. The lowest BCUT2D eigenvalue weighted by Crippen LogP contribution is -2.41. The van der Waals surface area contributed by atoms with Crippen LogP contribution in [-0.4, -0.2) is 28.8 Å². The molecule has 1 aromatic heterocycles. The van der Waals surface area contributed by atoms with Crippen LogP contribution in [-0.2, 0) is 13.2 Å². The Hall–Kier alpha value is -1.98. The molecular weight excluding hydrogens is 400 g/mol. The lowest BCUT2D eigenvalue weighted by atomic mass is 10.1. The maximum Gasteiger partial charge on any atom is 0.431 e. The van der Waals surface area contributed by atoms with Crippen LogP contribution >= 0.6 is 18.5 Å². The van der Waals surface area contributed by atoms with Gasteiger partial charge in [0.1, 0.15) is 5.69 Å². The Morgan fingerprint density at radius 3 is 2.30 bits per heavy atom. The summed E-state index contributed by atoms with van der Waals surface area (Å²) in [6, 6.07) is 3.49. The van der Waals surface area contributed by atoms with E-state index in [-0.39, 0.29) is 5.69 Å². The van der Waals surface area contributed by atoms with Gasteiger partial charge in [0.15, 0.2) is 0 Å².